The van der Waals surface area contributed by atoms with E-state index in [1.165, 1.54) is 19.3 Å². The van der Waals surface area contributed by atoms with Crippen molar-refractivity contribution >= 4 is 5.84 Å². The van der Waals surface area contributed by atoms with Crippen LogP contribution in [0.25, 0.3) is 0 Å². The van der Waals surface area contributed by atoms with Gasteiger partial charge in [-0.2, -0.15) is 0 Å². The van der Waals surface area contributed by atoms with Crippen LogP contribution < -0.4 is 5.73 Å². The van der Waals surface area contributed by atoms with Crippen LogP contribution in [-0.4, -0.2) is 23.8 Å². The van der Waals surface area contributed by atoms with Crippen LogP contribution in [-0.2, 0) is 4.74 Å². The molecule has 0 aromatic carbocycles. The predicted molar refractivity (Wildman–Crippen MR) is 71.6 cm³/mol. The zero-order valence-corrected chi connectivity index (χ0v) is 11.6. The molecule has 0 bridgehead atoms. The van der Waals surface area contributed by atoms with Crippen LogP contribution in [0.5, 0.6) is 0 Å². The maximum atomic E-state index is 8.63. The lowest BCUT2D eigenvalue weighted by Gasteiger charge is -2.32. The number of ether oxygens (including phenoxy) is 1. The minimum absolute atomic E-state index is 0.169. The van der Waals surface area contributed by atoms with Crippen molar-refractivity contribution in [2.24, 2.45) is 28.1 Å². The standard InChI is InChI=1S/C14H26N2O2/c1-10-3-4-12(7-11(10)2)18-9-14(5-6-14)8-13(15)16-17/h10-12,17H,3-9H2,1-2H3,(H2,15,16). The Hall–Kier alpha value is -0.770. The van der Waals surface area contributed by atoms with E-state index < -0.39 is 0 Å². The molecule has 0 saturated heterocycles. The summed E-state index contributed by atoms with van der Waals surface area (Å²) in [5, 5.41) is 11.7. The van der Waals surface area contributed by atoms with Gasteiger partial charge >= 0.3 is 0 Å². The third-order valence-electron chi connectivity index (χ3n) is 4.82. The molecule has 0 aromatic heterocycles. The summed E-state index contributed by atoms with van der Waals surface area (Å²) in [6.07, 6.45) is 7.01. The molecule has 0 radical (unpaired) electrons. The summed E-state index contributed by atoms with van der Waals surface area (Å²) < 4.78 is 6.08. The molecule has 2 rings (SSSR count). The number of rotatable bonds is 5. The number of hydrogen-bond donors (Lipinski definition) is 2. The van der Waals surface area contributed by atoms with E-state index >= 15 is 0 Å². The molecule has 4 heteroatoms. The van der Waals surface area contributed by atoms with Crippen molar-refractivity contribution in [3.8, 4) is 0 Å². The Morgan fingerprint density at radius 1 is 1.33 bits per heavy atom. The lowest BCUT2D eigenvalue weighted by atomic mass is 9.80. The highest BCUT2D eigenvalue weighted by molar-refractivity contribution is 5.80. The molecule has 104 valence electrons. The molecule has 3 unspecified atom stereocenters. The summed E-state index contributed by atoms with van der Waals surface area (Å²) in [4.78, 5) is 0. The number of nitrogens with two attached hydrogens (primary N) is 1. The maximum absolute atomic E-state index is 8.63. The summed E-state index contributed by atoms with van der Waals surface area (Å²) in [5.74, 6) is 1.93. The van der Waals surface area contributed by atoms with Crippen molar-refractivity contribution in [3.05, 3.63) is 0 Å². The average Bonchev–Trinajstić information content (AvgIpc) is 3.11. The topological polar surface area (TPSA) is 67.8 Å². The Bertz CT molecular complexity index is 313. The molecule has 2 fully saturated rings. The quantitative estimate of drug-likeness (QED) is 0.343. The third kappa shape index (κ3) is 3.37. The summed E-state index contributed by atoms with van der Waals surface area (Å²) in [6, 6.07) is 0. The number of amidine groups is 1. The van der Waals surface area contributed by atoms with Gasteiger partial charge in [-0.05, 0) is 43.9 Å². The van der Waals surface area contributed by atoms with Gasteiger partial charge in [-0.25, -0.2) is 0 Å². The van der Waals surface area contributed by atoms with Gasteiger partial charge in [0.15, 0.2) is 0 Å². The molecule has 0 spiro atoms. The summed E-state index contributed by atoms with van der Waals surface area (Å²) in [6.45, 7) is 5.43. The monoisotopic (exact) mass is 254 g/mol. The Morgan fingerprint density at radius 3 is 2.61 bits per heavy atom. The van der Waals surface area contributed by atoms with Crippen molar-refractivity contribution in [3.63, 3.8) is 0 Å². The van der Waals surface area contributed by atoms with Crippen molar-refractivity contribution in [1.29, 1.82) is 0 Å². The second-order valence-electron chi connectivity index (χ2n) is 6.47. The van der Waals surface area contributed by atoms with Gasteiger partial charge in [-0.15, -0.1) is 0 Å². The first-order valence-corrected chi connectivity index (χ1v) is 7.13. The van der Waals surface area contributed by atoms with Crippen LogP contribution in [0.4, 0.5) is 0 Å². The highest BCUT2D eigenvalue weighted by Crippen LogP contribution is 2.49. The highest BCUT2D eigenvalue weighted by Gasteiger charge is 2.44. The molecular formula is C14H26N2O2. The molecule has 0 aromatic rings. The van der Waals surface area contributed by atoms with E-state index in [4.69, 9.17) is 15.7 Å². The first-order valence-electron chi connectivity index (χ1n) is 7.13. The molecule has 0 heterocycles. The third-order valence-corrected chi connectivity index (χ3v) is 4.82. The van der Waals surface area contributed by atoms with Gasteiger partial charge < -0.3 is 15.7 Å². The van der Waals surface area contributed by atoms with Crippen molar-refractivity contribution in [2.45, 2.75) is 58.5 Å². The van der Waals surface area contributed by atoms with Crippen LogP contribution in [0, 0.1) is 17.3 Å². The van der Waals surface area contributed by atoms with E-state index in [0.29, 0.717) is 18.4 Å². The van der Waals surface area contributed by atoms with E-state index in [1.807, 2.05) is 0 Å². The number of nitrogens with zero attached hydrogens (tertiary/aromatic N) is 1. The lowest BCUT2D eigenvalue weighted by Crippen LogP contribution is -2.30. The normalized spacial score (nSPS) is 35.4. The van der Waals surface area contributed by atoms with Gasteiger partial charge in [-0.1, -0.05) is 19.0 Å². The van der Waals surface area contributed by atoms with Crippen LogP contribution in [0.15, 0.2) is 5.16 Å². The molecule has 2 aliphatic carbocycles. The Kier molecular flexibility index (Phi) is 4.15. The van der Waals surface area contributed by atoms with Crippen molar-refractivity contribution in [2.75, 3.05) is 6.61 Å². The summed E-state index contributed by atoms with van der Waals surface area (Å²) >= 11 is 0. The van der Waals surface area contributed by atoms with E-state index in [2.05, 4.69) is 19.0 Å². The molecule has 18 heavy (non-hydrogen) atoms. The van der Waals surface area contributed by atoms with Gasteiger partial charge in [0, 0.05) is 11.8 Å². The van der Waals surface area contributed by atoms with Crippen LogP contribution in [0.2, 0.25) is 0 Å². The minimum atomic E-state index is 0.169. The highest BCUT2D eigenvalue weighted by atomic mass is 16.5. The molecule has 3 N–H and O–H groups in total. The number of oxime groups is 1. The van der Waals surface area contributed by atoms with E-state index in [-0.39, 0.29) is 5.41 Å². The second kappa shape index (κ2) is 5.47. The van der Waals surface area contributed by atoms with Crippen LogP contribution in [0.1, 0.15) is 52.4 Å². The first-order chi connectivity index (χ1) is 8.54. The fourth-order valence-electron chi connectivity index (χ4n) is 2.91. The minimum Gasteiger partial charge on any atom is -0.409 e. The average molecular weight is 254 g/mol. The molecule has 4 nitrogen and oxygen atoms in total. The first kappa shape index (κ1) is 13.7. The maximum Gasteiger partial charge on any atom is 0.139 e. The molecule has 2 saturated carbocycles. The Balaban J connectivity index is 1.75. The predicted octanol–water partition coefficient (Wildman–Crippen LogP) is 2.74. The molecule has 3 atom stereocenters. The molecule has 0 amide bonds. The van der Waals surface area contributed by atoms with E-state index in [1.54, 1.807) is 0 Å². The molecular weight excluding hydrogens is 228 g/mol. The zero-order valence-electron chi connectivity index (χ0n) is 11.6. The number of hydrogen-bond acceptors (Lipinski definition) is 3. The smallest absolute Gasteiger partial charge is 0.139 e. The van der Waals surface area contributed by atoms with E-state index in [0.717, 1.165) is 31.3 Å². The summed E-state index contributed by atoms with van der Waals surface area (Å²) in [5.41, 5.74) is 5.76. The fraction of sp³-hybridized carbons (Fsp3) is 0.929. The second-order valence-corrected chi connectivity index (χ2v) is 6.47. The Labute approximate surface area is 110 Å². The van der Waals surface area contributed by atoms with Gasteiger partial charge in [0.05, 0.1) is 12.7 Å². The van der Waals surface area contributed by atoms with Crippen LogP contribution in [0.3, 0.4) is 0 Å². The molecule has 0 aliphatic heterocycles. The zero-order chi connectivity index (χ0) is 13.2. The van der Waals surface area contributed by atoms with Crippen LogP contribution >= 0.6 is 0 Å². The van der Waals surface area contributed by atoms with Gasteiger partial charge in [-0.3, -0.25) is 0 Å². The van der Waals surface area contributed by atoms with Gasteiger partial charge in [0.25, 0.3) is 0 Å². The Morgan fingerprint density at radius 2 is 2.06 bits per heavy atom. The van der Waals surface area contributed by atoms with E-state index in [9.17, 15) is 0 Å². The summed E-state index contributed by atoms with van der Waals surface area (Å²) in [7, 11) is 0. The lowest BCUT2D eigenvalue weighted by molar-refractivity contribution is -0.0180. The van der Waals surface area contributed by atoms with Crippen molar-refractivity contribution in [1.82, 2.24) is 0 Å². The van der Waals surface area contributed by atoms with Crippen molar-refractivity contribution < 1.29 is 9.94 Å². The fourth-order valence-corrected chi connectivity index (χ4v) is 2.91. The van der Waals surface area contributed by atoms with Gasteiger partial charge in [0.1, 0.15) is 5.84 Å². The molecule has 2 aliphatic rings. The SMILES string of the molecule is CC1CCC(OCC2(CC(N)=NO)CC2)CC1C. The largest absolute Gasteiger partial charge is 0.409 e. The van der Waals surface area contributed by atoms with Gasteiger partial charge in [0.2, 0.25) is 0 Å².